The molecule has 0 aromatic heterocycles. The number of fused-ring (bicyclic) bond motifs is 1. The van der Waals surface area contributed by atoms with Crippen LogP contribution in [0.2, 0.25) is 5.02 Å². The van der Waals surface area contributed by atoms with Crippen LogP contribution in [0.3, 0.4) is 0 Å². The average Bonchev–Trinajstić information content (AvgIpc) is 2.23. The van der Waals surface area contributed by atoms with E-state index in [1.54, 1.807) is 24.3 Å². The first-order valence-electron chi connectivity index (χ1n) is 4.00. The number of hydrogen-bond donors (Lipinski definition) is 3. The molecule has 0 unspecified atom stereocenters. The number of rotatable bonds is 0. The zero-order chi connectivity index (χ0) is 10.3. The largest absolute Gasteiger partial charge is 0.506 e. The Morgan fingerprint density at radius 1 is 1.00 bits per heavy atom. The van der Waals surface area contributed by atoms with Gasteiger partial charge in [0.1, 0.15) is 16.5 Å². The van der Waals surface area contributed by atoms with Gasteiger partial charge in [0.05, 0.1) is 5.69 Å². The summed E-state index contributed by atoms with van der Waals surface area (Å²) < 4.78 is 0. The molecule has 0 bridgehead atoms. The monoisotopic (exact) mass is 209 g/mol. The summed E-state index contributed by atoms with van der Waals surface area (Å²) in [7, 11) is 0. The SMILES string of the molecule is Nc1c(Cl)c(O)c2ccccc2c1O. The summed E-state index contributed by atoms with van der Waals surface area (Å²) >= 11 is 5.73. The van der Waals surface area contributed by atoms with E-state index in [9.17, 15) is 10.2 Å². The summed E-state index contributed by atoms with van der Waals surface area (Å²) in [5.41, 5.74) is 5.51. The minimum atomic E-state index is -0.0995. The fourth-order valence-corrected chi connectivity index (χ4v) is 1.58. The zero-order valence-electron chi connectivity index (χ0n) is 7.16. The third-order valence-electron chi connectivity index (χ3n) is 2.14. The van der Waals surface area contributed by atoms with Gasteiger partial charge < -0.3 is 15.9 Å². The van der Waals surface area contributed by atoms with Crippen molar-refractivity contribution in [2.75, 3.05) is 5.73 Å². The van der Waals surface area contributed by atoms with Gasteiger partial charge in [-0.2, -0.15) is 0 Å². The van der Waals surface area contributed by atoms with Crippen LogP contribution in [0.1, 0.15) is 0 Å². The molecule has 0 aliphatic carbocycles. The van der Waals surface area contributed by atoms with Gasteiger partial charge in [-0.15, -0.1) is 0 Å². The molecule has 0 heterocycles. The van der Waals surface area contributed by atoms with Crippen LogP contribution in [0.4, 0.5) is 5.69 Å². The van der Waals surface area contributed by atoms with Crippen molar-refractivity contribution < 1.29 is 10.2 Å². The number of benzene rings is 2. The van der Waals surface area contributed by atoms with Crippen LogP contribution < -0.4 is 5.73 Å². The van der Waals surface area contributed by atoms with E-state index >= 15 is 0 Å². The molecular formula is C10H8ClNO2. The molecule has 0 atom stereocenters. The van der Waals surface area contributed by atoms with Gasteiger partial charge in [0.2, 0.25) is 0 Å². The van der Waals surface area contributed by atoms with Gasteiger partial charge in [-0.05, 0) is 0 Å². The van der Waals surface area contributed by atoms with E-state index in [0.29, 0.717) is 10.8 Å². The second-order valence-corrected chi connectivity index (χ2v) is 3.35. The number of hydrogen-bond acceptors (Lipinski definition) is 3. The minimum Gasteiger partial charge on any atom is -0.506 e. The lowest BCUT2D eigenvalue weighted by atomic mass is 10.1. The molecular weight excluding hydrogens is 202 g/mol. The Bertz CT molecular complexity index is 464. The van der Waals surface area contributed by atoms with E-state index in [0.717, 1.165) is 0 Å². The third kappa shape index (κ3) is 1.06. The van der Waals surface area contributed by atoms with Crippen molar-refractivity contribution >= 4 is 28.1 Å². The summed E-state index contributed by atoms with van der Waals surface area (Å²) in [4.78, 5) is 0. The molecule has 0 saturated heterocycles. The van der Waals surface area contributed by atoms with Gasteiger partial charge >= 0.3 is 0 Å². The topological polar surface area (TPSA) is 66.5 Å². The Labute approximate surface area is 85.3 Å². The van der Waals surface area contributed by atoms with Gasteiger partial charge in [0, 0.05) is 10.8 Å². The average molecular weight is 210 g/mol. The second kappa shape index (κ2) is 2.96. The molecule has 0 fully saturated rings. The first-order valence-corrected chi connectivity index (χ1v) is 4.38. The summed E-state index contributed by atoms with van der Waals surface area (Å²) in [5, 5.41) is 20.3. The van der Waals surface area contributed by atoms with Gasteiger partial charge in [0.15, 0.2) is 0 Å². The van der Waals surface area contributed by atoms with Crippen molar-refractivity contribution in [2.45, 2.75) is 0 Å². The maximum atomic E-state index is 9.64. The molecule has 0 radical (unpaired) electrons. The molecule has 0 spiro atoms. The van der Waals surface area contributed by atoms with E-state index in [1.807, 2.05) is 0 Å². The van der Waals surface area contributed by atoms with Crippen molar-refractivity contribution in [3.05, 3.63) is 29.3 Å². The van der Waals surface area contributed by atoms with Crippen molar-refractivity contribution in [1.29, 1.82) is 0 Å². The number of nitrogen functional groups attached to an aromatic ring is 1. The predicted octanol–water partition coefficient (Wildman–Crippen LogP) is 2.49. The number of aromatic hydroxyl groups is 2. The molecule has 72 valence electrons. The van der Waals surface area contributed by atoms with E-state index < -0.39 is 0 Å². The highest BCUT2D eigenvalue weighted by Gasteiger charge is 2.14. The first-order chi connectivity index (χ1) is 6.63. The molecule has 0 aliphatic heterocycles. The lowest BCUT2D eigenvalue weighted by Gasteiger charge is -2.08. The minimum absolute atomic E-state index is 0.00265. The third-order valence-corrected chi connectivity index (χ3v) is 2.52. The standard InChI is InChI=1S/C10H8ClNO2/c11-7-8(12)10(14)6-4-2-1-3-5(6)9(7)13/h1-4,13-14H,12H2. The molecule has 3 nitrogen and oxygen atoms in total. The van der Waals surface area contributed by atoms with E-state index in [2.05, 4.69) is 0 Å². The molecule has 2 aromatic rings. The Kier molecular flexibility index (Phi) is 1.89. The molecule has 2 rings (SSSR count). The van der Waals surface area contributed by atoms with Gasteiger partial charge in [-0.1, -0.05) is 35.9 Å². The van der Waals surface area contributed by atoms with Crippen LogP contribution in [0, 0.1) is 0 Å². The molecule has 4 heteroatoms. The van der Waals surface area contributed by atoms with E-state index in [4.69, 9.17) is 17.3 Å². The van der Waals surface area contributed by atoms with Gasteiger partial charge in [-0.3, -0.25) is 0 Å². The van der Waals surface area contributed by atoms with Crippen LogP contribution in [0.15, 0.2) is 24.3 Å². The summed E-state index contributed by atoms with van der Waals surface area (Å²) in [6.45, 7) is 0. The fraction of sp³-hybridized carbons (Fsp3) is 0. The van der Waals surface area contributed by atoms with Crippen LogP contribution in [-0.2, 0) is 0 Å². The summed E-state index contributed by atoms with van der Waals surface area (Å²) in [5.74, 6) is -0.194. The summed E-state index contributed by atoms with van der Waals surface area (Å²) in [6, 6.07) is 6.82. The van der Waals surface area contributed by atoms with Crippen LogP contribution in [-0.4, -0.2) is 10.2 Å². The van der Waals surface area contributed by atoms with Crippen molar-refractivity contribution in [1.82, 2.24) is 0 Å². The highest BCUT2D eigenvalue weighted by atomic mass is 35.5. The van der Waals surface area contributed by atoms with Crippen molar-refractivity contribution in [3.63, 3.8) is 0 Å². The molecule has 0 amide bonds. The fourth-order valence-electron chi connectivity index (χ4n) is 1.39. The van der Waals surface area contributed by atoms with E-state index in [1.165, 1.54) is 0 Å². The number of halogens is 1. The van der Waals surface area contributed by atoms with Crippen LogP contribution >= 0.6 is 11.6 Å². The summed E-state index contributed by atoms with van der Waals surface area (Å²) in [6.07, 6.45) is 0. The normalized spacial score (nSPS) is 10.6. The molecule has 2 aromatic carbocycles. The van der Waals surface area contributed by atoms with Gasteiger partial charge in [-0.25, -0.2) is 0 Å². The second-order valence-electron chi connectivity index (χ2n) is 2.97. The number of phenolic OH excluding ortho intramolecular Hbond substituents is 2. The maximum Gasteiger partial charge on any atom is 0.148 e. The molecule has 0 saturated carbocycles. The number of anilines is 1. The predicted molar refractivity (Wildman–Crippen MR) is 56.7 cm³/mol. The van der Waals surface area contributed by atoms with Crippen molar-refractivity contribution in [2.24, 2.45) is 0 Å². The highest BCUT2D eigenvalue weighted by molar-refractivity contribution is 6.36. The highest BCUT2D eigenvalue weighted by Crippen LogP contribution is 2.43. The van der Waals surface area contributed by atoms with Crippen molar-refractivity contribution in [3.8, 4) is 11.5 Å². The number of phenols is 2. The Morgan fingerprint density at radius 2 is 1.50 bits per heavy atom. The molecule has 0 aliphatic rings. The molecule has 14 heavy (non-hydrogen) atoms. The smallest absolute Gasteiger partial charge is 0.148 e. The Morgan fingerprint density at radius 3 is 2.07 bits per heavy atom. The molecule has 4 N–H and O–H groups in total. The quantitative estimate of drug-likeness (QED) is 0.355. The lowest BCUT2D eigenvalue weighted by Crippen LogP contribution is -1.89. The Hall–Kier alpha value is -1.61. The lowest BCUT2D eigenvalue weighted by molar-refractivity contribution is 0.472. The maximum absolute atomic E-state index is 9.64. The van der Waals surface area contributed by atoms with Crippen LogP contribution in [0.5, 0.6) is 11.5 Å². The van der Waals surface area contributed by atoms with Crippen LogP contribution in [0.25, 0.3) is 10.8 Å². The first kappa shape index (κ1) is 8.97. The number of nitrogens with two attached hydrogens (primary N) is 1. The zero-order valence-corrected chi connectivity index (χ0v) is 7.92. The Balaban J connectivity index is 3.02. The van der Waals surface area contributed by atoms with Gasteiger partial charge in [0.25, 0.3) is 0 Å². The van der Waals surface area contributed by atoms with E-state index in [-0.39, 0.29) is 22.2 Å².